The van der Waals surface area contributed by atoms with E-state index in [1.807, 2.05) is 0 Å². The maximum atomic E-state index is 12.5. The summed E-state index contributed by atoms with van der Waals surface area (Å²) in [7, 11) is 0. The zero-order valence-electron chi connectivity index (χ0n) is 19.9. The van der Waals surface area contributed by atoms with Gasteiger partial charge in [0.05, 0.1) is 23.7 Å². The Morgan fingerprint density at radius 1 is 0.625 bits per heavy atom. The molecule has 0 bridgehead atoms. The highest BCUT2D eigenvalue weighted by Crippen LogP contribution is 2.31. The molecule has 0 amide bonds. The maximum absolute atomic E-state index is 12.5. The van der Waals surface area contributed by atoms with Gasteiger partial charge < -0.3 is 23.7 Å². The van der Waals surface area contributed by atoms with E-state index in [9.17, 15) is 19.2 Å². The van der Waals surface area contributed by atoms with Crippen molar-refractivity contribution in [1.82, 2.24) is 0 Å². The number of terminal acetylenes is 1. The van der Waals surface area contributed by atoms with Crippen LogP contribution in [0.15, 0.2) is 0 Å². The Morgan fingerprint density at radius 2 is 0.969 bits per heavy atom. The molecule has 9 heteroatoms. The van der Waals surface area contributed by atoms with Gasteiger partial charge in [0.1, 0.15) is 0 Å². The highest BCUT2D eigenvalue weighted by molar-refractivity contribution is 5.74. The molecule has 0 aromatic heterocycles. The van der Waals surface area contributed by atoms with Gasteiger partial charge in [-0.25, -0.2) is 0 Å². The molecule has 0 N–H and O–H groups in total. The van der Waals surface area contributed by atoms with E-state index in [1.165, 1.54) is 0 Å². The van der Waals surface area contributed by atoms with Crippen LogP contribution in [-0.4, -0.2) is 54.6 Å². The average Bonchev–Trinajstić information content (AvgIpc) is 2.70. The summed E-state index contributed by atoms with van der Waals surface area (Å²) in [6.07, 6.45) is -1.13. The second kappa shape index (κ2) is 11.9. The first-order chi connectivity index (χ1) is 14.8. The predicted molar refractivity (Wildman–Crippen MR) is 113 cm³/mol. The second-order valence-corrected chi connectivity index (χ2v) is 8.85. The van der Waals surface area contributed by atoms with Crippen LogP contribution in [0.3, 0.4) is 0 Å². The first-order valence-electron chi connectivity index (χ1n) is 10.7. The van der Waals surface area contributed by atoms with Crippen LogP contribution in [0.5, 0.6) is 0 Å². The molecule has 1 aliphatic heterocycles. The Balaban J connectivity index is 3.47. The third-order valence-corrected chi connectivity index (χ3v) is 4.53. The summed E-state index contributed by atoms with van der Waals surface area (Å²) < 4.78 is 27.7. The number of esters is 4. The summed E-state index contributed by atoms with van der Waals surface area (Å²) in [6, 6.07) is 0. The van der Waals surface area contributed by atoms with Crippen molar-refractivity contribution in [3.63, 3.8) is 0 Å². The van der Waals surface area contributed by atoms with Crippen molar-refractivity contribution in [2.75, 3.05) is 0 Å². The van der Waals surface area contributed by atoms with E-state index in [4.69, 9.17) is 30.1 Å². The van der Waals surface area contributed by atoms with Gasteiger partial charge in [0.2, 0.25) is 12.4 Å². The summed E-state index contributed by atoms with van der Waals surface area (Å²) in [6.45, 7) is 12.9. The fourth-order valence-electron chi connectivity index (χ4n) is 2.49. The van der Waals surface area contributed by atoms with E-state index in [2.05, 4.69) is 5.92 Å². The molecule has 3 unspecified atom stereocenters. The van der Waals surface area contributed by atoms with Crippen molar-refractivity contribution in [2.45, 2.75) is 86.1 Å². The van der Waals surface area contributed by atoms with Crippen LogP contribution in [0.2, 0.25) is 0 Å². The van der Waals surface area contributed by atoms with Crippen molar-refractivity contribution < 1.29 is 42.9 Å². The van der Waals surface area contributed by atoms with Crippen LogP contribution < -0.4 is 0 Å². The molecule has 5 atom stereocenters. The van der Waals surface area contributed by atoms with E-state index >= 15 is 0 Å². The van der Waals surface area contributed by atoms with Crippen LogP contribution in [0.4, 0.5) is 0 Å². The molecular formula is C23H34O9. The monoisotopic (exact) mass is 454 g/mol. The van der Waals surface area contributed by atoms with Gasteiger partial charge in [-0.15, -0.1) is 6.42 Å². The standard InChI is InChI=1S/C23H34O9/c1-10-15-16(29-19(24)11(2)3)17(30-20(25)12(4)5)18(31-21(26)13(6)7)23(28-15)32-22(27)14(8)9/h1,11-18,23H,2-9H3/t15?,16-,17-,18?,23?/m1/s1. The number of hydrogen-bond donors (Lipinski definition) is 0. The molecule has 32 heavy (non-hydrogen) atoms. The molecule has 1 saturated heterocycles. The number of carbonyl (C=O) groups is 4. The molecule has 9 nitrogen and oxygen atoms in total. The van der Waals surface area contributed by atoms with Crippen molar-refractivity contribution in [3.8, 4) is 12.3 Å². The summed E-state index contributed by atoms with van der Waals surface area (Å²) in [4.78, 5) is 49.5. The van der Waals surface area contributed by atoms with Crippen molar-refractivity contribution in [3.05, 3.63) is 0 Å². The molecule has 180 valence electrons. The number of rotatable bonds is 8. The van der Waals surface area contributed by atoms with Crippen LogP contribution >= 0.6 is 0 Å². The van der Waals surface area contributed by atoms with Crippen molar-refractivity contribution in [1.29, 1.82) is 0 Å². The molecule has 1 rings (SSSR count). The molecule has 0 saturated carbocycles. The SMILES string of the molecule is C#CC1OC(OC(=O)C(C)C)C(OC(=O)C(C)C)[C@H](OC(=O)C(C)C)[C@@H]1OC(=O)C(C)C. The summed E-state index contributed by atoms with van der Waals surface area (Å²) in [5.41, 5.74) is 0. The Labute approximate surface area is 189 Å². The molecule has 1 fully saturated rings. The Morgan fingerprint density at radius 3 is 1.34 bits per heavy atom. The Bertz CT molecular complexity index is 732. The number of ether oxygens (including phenoxy) is 5. The molecule has 0 aliphatic carbocycles. The van der Waals surface area contributed by atoms with Crippen LogP contribution in [0.25, 0.3) is 0 Å². The van der Waals surface area contributed by atoms with E-state index in [0.717, 1.165) is 0 Å². The van der Waals surface area contributed by atoms with Gasteiger partial charge >= 0.3 is 23.9 Å². The smallest absolute Gasteiger partial charge is 0.310 e. The molecule has 0 aromatic rings. The predicted octanol–water partition coefficient (Wildman–Crippen LogP) is 2.25. The second-order valence-electron chi connectivity index (χ2n) is 8.85. The number of hydrogen-bond acceptors (Lipinski definition) is 9. The van der Waals surface area contributed by atoms with E-state index < -0.39 is 78.3 Å². The highest BCUT2D eigenvalue weighted by atomic mass is 16.7. The van der Waals surface area contributed by atoms with Crippen LogP contribution in [0.1, 0.15) is 55.4 Å². The largest absolute Gasteiger partial charge is 0.454 e. The lowest BCUT2D eigenvalue weighted by Gasteiger charge is -2.43. The normalized spacial score (nSPS) is 25.4. The molecule has 1 heterocycles. The topological polar surface area (TPSA) is 114 Å². The van der Waals surface area contributed by atoms with Crippen molar-refractivity contribution >= 4 is 23.9 Å². The molecular weight excluding hydrogens is 420 g/mol. The summed E-state index contributed by atoms with van der Waals surface area (Å²) in [5, 5.41) is 0. The fourth-order valence-corrected chi connectivity index (χ4v) is 2.49. The fraction of sp³-hybridized carbons (Fsp3) is 0.739. The van der Waals surface area contributed by atoms with E-state index in [0.29, 0.717) is 0 Å². The van der Waals surface area contributed by atoms with Gasteiger partial charge in [0.25, 0.3) is 0 Å². The maximum Gasteiger partial charge on any atom is 0.310 e. The summed E-state index contributed by atoms with van der Waals surface area (Å²) in [5.74, 6) is -2.31. The molecule has 0 aromatic carbocycles. The highest BCUT2D eigenvalue weighted by Gasteiger charge is 2.54. The quantitative estimate of drug-likeness (QED) is 0.309. The minimum absolute atomic E-state index is 0.511. The van der Waals surface area contributed by atoms with Gasteiger partial charge in [0.15, 0.2) is 18.3 Å². The lowest BCUT2D eigenvalue weighted by molar-refractivity contribution is -0.290. The van der Waals surface area contributed by atoms with E-state index in [-0.39, 0.29) is 0 Å². The molecule has 0 spiro atoms. The first kappa shape index (κ1) is 27.4. The molecule has 1 aliphatic rings. The third kappa shape index (κ3) is 7.23. The molecule has 0 radical (unpaired) electrons. The van der Waals surface area contributed by atoms with Gasteiger partial charge in [-0.3, -0.25) is 19.2 Å². The zero-order chi connectivity index (χ0) is 24.7. The van der Waals surface area contributed by atoms with Crippen LogP contribution in [-0.2, 0) is 42.9 Å². The number of carbonyl (C=O) groups excluding carboxylic acids is 4. The van der Waals surface area contributed by atoms with Crippen molar-refractivity contribution in [2.24, 2.45) is 23.7 Å². The van der Waals surface area contributed by atoms with Gasteiger partial charge in [-0.1, -0.05) is 61.3 Å². The van der Waals surface area contributed by atoms with Gasteiger partial charge in [-0.05, 0) is 0 Å². The lowest BCUT2D eigenvalue weighted by atomic mass is 9.97. The van der Waals surface area contributed by atoms with Crippen LogP contribution in [0, 0.1) is 36.0 Å². The summed E-state index contributed by atoms with van der Waals surface area (Å²) >= 11 is 0. The third-order valence-electron chi connectivity index (χ3n) is 4.53. The lowest BCUT2D eigenvalue weighted by Crippen LogP contribution is -2.62. The zero-order valence-corrected chi connectivity index (χ0v) is 19.9. The first-order valence-corrected chi connectivity index (χ1v) is 10.7. The van der Waals surface area contributed by atoms with E-state index in [1.54, 1.807) is 55.4 Å². The Kier molecular flexibility index (Phi) is 10.2. The van der Waals surface area contributed by atoms with Gasteiger partial charge in [-0.2, -0.15) is 0 Å². The Hall–Kier alpha value is -2.60. The average molecular weight is 455 g/mol. The van der Waals surface area contributed by atoms with Gasteiger partial charge in [0, 0.05) is 0 Å². The minimum atomic E-state index is -1.47. The minimum Gasteiger partial charge on any atom is -0.454 e.